The number of nitrogens with one attached hydrogen (secondary N) is 1. The number of rotatable bonds is 6. The van der Waals surface area contributed by atoms with Crippen LogP contribution in [0.1, 0.15) is 31.4 Å². The van der Waals surface area contributed by atoms with Crippen LogP contribution in [0.25, 0.3) is 0 Å². The lowest BCUT2D eigenvalue weighted by atomic mass is 10.2. The summed E-state index contributed by atoms with van der Waals surface area (Å²) in [5.74, 6) is 0.0158. The van der Waals surface area contributed by atoms with Gasteiger partial charge < -0.3 is 16.0 Å². The molecule has 1 aliphatic carbocycles. The van der Waals surface area contributed by atoms with Crippen molar-refractivity contribution in [2.24, 2.45) is 0 Å². The van der Waals surface area contributed by atoms with Crippen LogP contribution < -0.4 is 11.1 Å². The molecule has 0 atom stereocenters. The maximum Gasteiger partial charge on any atom is 0.226 e. The van der Waals surface area contributed by atoms with Crippen molar-refractivity contribution >= 4 is 11.6 Å². The maximum absolute atomic E-state index is 11.8. The second-order valence-electron chi connectivity index (χ2n) is 5.53. The fraction of sp³-hybridized carbons (Fsp3) is 0.600. The Kier molecular flexibility index (Phi) is 5.35. The number of aromatic nitrogens is 1. The van der Waals surface area contributed by atoms with Crippen LogP contribution in [0.5, 0.6) is 0 Å². The minimum atomic E-state index is 0.0158. The third-order valence-corrected chi connectivity index (χ3v) is 3.92. The molecular weight excluding hydrogens is 252 g/mol. The largest absolute Gasteiger partial charge is 0.397 e. The average molecular weight is 276 g/mol. The number of likely N-dealkylation sites (N-methyl/N-ethyl adjacent to an activating group) is 1. The first-order valence-corrected chi connectivity index (χ1v) is 7.32. The second-order valence-corrected chi connectivity index (χ2v) is 5.53. The smallest absolute Gasteiger partial charge is 0.226 e. The van der Waals surface area contributed by atoms with E-state index in [2.05, 4.69) is 22.2 Å². The number of amides is 1. The van der Waals surface area contributed by atoms with E-state index in [1.165, 1.54) is 25.7 Å². The molecule has 1 heterocycles. The molecule has 2 rings (SSSR count). The molecule has 0 spiro atoms. The molecule has 110 valence electrons. The Morgan fingerprint density at radius 1 is 1.45 bits per heavy atom. The van der Waals surface area contributed by atoms with E-state index in [4.69, 9.17) is 5.73 Å². The summed E-state index contributed by atoms with van der Waals surface area (Å²) in [7, 11) is 2.14. The Morgan fingerprint density at radius 3 is 2.85 bits per heavy atom. The monoisotopic (exact) mass is 276 g/mol. The van der Waals surface area contributed by atoms with Crippen molar-refractivity contribution in [1.82, 2.24) is 15.2 Å². The van der Waals surface area contributed by atoms with E-state index in [1.54, 1.807) is 18.3 Å². The van der Waals surface area contributed by atoms with Crippen molar-refractivity contribution in [1.29, 1.82) is 0 Å². The average Bonchev–Trinajstić information content (AvgIpc) is 2.95. The van der Waals surface area contributed by atoms with Gasteiger partial charge in [0.05, 0.1) is 18.3 Å². The van der Waals surface area contributed by atoms with E-state index in [9.17, 15) is 4.79 Å². The number of anilines is 1. The SMILES string of the molecule is CN(CCNC(=O)Cc1ccc(N)cn1)C1CCCC1. The Labute approximate surface area is 120 Å². The van der Waals surface area contributed by atoms with Crippen molar-refractivity contribution < 1.29 is 4.79 Å². The molecule has 5 heteroatoms. The van der Waals surface area contributed by atoms with Gasteiger partial charge in [0.25, 0.3) is 0 Å². The van der Waals surface area contributed by atoms with E-state index in [1.807, 2.05) is 0 Å². The minimum Gasteiger partial charge on any atom is -0.397 e. The standard InChI is InChI=1S/C15H24N4O/c1-19(14-4-2-3-5-14)9-8-17-15(20)10-13-7-6-12(16)11-18-13/h6-7,11,14H,2-5,8-10,16H2,1H3,(H,17,20). The van der Waals surface area contributed by atoms with Gasteiger partial charge in [-0.25, -0.2) is 0 Å². The van der Waals surface area contributed by atoms with Gasteiger partial charge in [-0.1, -0.05) is 12.8 Å². The zero-order valence-corrected chi connectivity index (χ0v) is 12.1. The van der Waals surface area contributed by atoms with Gasteiger partial charge in [0.1, 0.15) is 0 Å². The van der Waals surface area contributed by atoms with Gasteiger partial charge in [-0.05, 0) is 32.0 Å². The van der Waals surface area contributed by atoms with Crippen molar-refractivity contribution in [2.75, 3.05) is 25.9 Å². The Balaban J connectivity index is 1.65. The zero-order valence-electron chi connectivity index (χ0n) is 12.1. The number of nitrogens with two attached hydrogens (primary N) is 1. The van der Waals surface area contributed by atoms with Gasteiger partial charge >= 0.3 is 0 Å². The molecule has 1 aromatic rings. The summed E-state index contributed by atoms with van der Waals surface area (Å²) in [6.45, 7) is 1.60. The lowest BCUT2D eigenvalue weighted by molar-refractivity contribution is -0.120. The normalized spacial score (nSPS) is 15.7. The van der Waals surface area contributed by atoms with Crippen LogP contribution in [0.2, 0.25) is 0 Å². The number of nitrogens with zero attached hydrogens (tertiary/aromatic N) is 2. The number of carbonyl (C=O) groups excluding carboxylic acids is 1. The fourth-order valence-corrected chi connectivity index (χ4v) is 2.67. The Bertz CT molecular complexity index is 426. The number of nitrogen functional groups attached to an aromatic ring is 1. The van der Waals surface area contributed by atoms with E-state index >= 15 is 0 Å². The molecular formula is C15H24N4O. The van der Waals surface area contributed by atoms with Gasteiger partial charge in [0, 0.05) is 24.8 Å². The summed E-state index contributed by atoms with van der Waals surface area (Å²) in [5.41, 5.74) is 6.93. The highest BCUT2D eigenvalue weighted by Crippen LogP contribution is 2.21. The molecule has 0 unspecified atom stereocenters. The molecule has 0 radical (unpaired) electrons. The summed E-state index contributed by atoms with van der Waals surface area (Å²) in [5, 5.41) is 2.95. The van der Waals surface area contributed by atoms with Crippen molar-refractivity contribution in [3.63, 3.8) is 0 Å². The van der Waals surface area contributed by atoms with Gasteiger partial charge in [-0.3, -0.25) is 9.78 Å². The highest BCUT2D eigenvalue weighted by molar-refractivity contribution is 5.78. The predicted molar refractivity (Wildman–Crippen MR) is 80.2 cm³/mol. The Morgan fingerprint density at radius 2 is 2.20 bits per heavy atom. The molecule has 5 nitrogen and oxygen atoms in total. The molecule has 3 N–H and O–H groups in total. The maximum atomic E-state index is 11.8. The first kappa shape index (κ1) is 14.8. The van der Waals surface area contributed by atoms with Crippen LogP contribution in [0.3, 0.4) is 0 Å². The molecule has 1 aromatic heterocycles. The highest BCUT2D eigenvalue weighted by Gasteiger charge is 2.18. The van der Waals surface area contributed by atoms with Crippen LogP contribution in [0, 0.1) is 0 Å². The second kappa shape index (κ2) is 7.24. The highest BCUT2D eigenvalue weighted by atomic mass is 16.1. The minimum absolute atomic E-state index is 0.0158. The van der Waals surface area contributed by atoms with Crippen LogP contribution in [0.15, 0.2) is 18.3 Å². The molecule has 20 heavy (non-hydrogen) atoms. The lowest BCUT2D eigenvalue weighted by Gasteiger charge is -2.23. The summed E-state index contributed by atoms with van der Waals surface area (Å²) in [6, 6.07) is 4.26. The van der Waals surface area contributed by atoms with Gasteiger partial charge in [-0.2, -0.15) is 0 Å². The molecule has 1 fully saturated rings. The lowest BCUT2D eigenvalue weighted by Crippen LogP contribution is -2.37. The van der Waals surface area contributed by atoms with Crippen LogP contribution in [-0.4, -0.2) is 42.0 Å². The van der Waals surface area contributed by atoms with Gasteiger partial charge in [0.15, 0.2) is 0 Å². The fourth-order valence-electron chi connectivity index (χ4n) is 2.67. The van der Waals surface area contributed by atoms with Crippen LogP contribution in [0.4, 0.5) is 5.69 Å². The summed E-state index contributed by atoms with van der Waals surface area (Å²) >= 11 is 0. The molecule has 1 saturated carbocycles. The summed E-state index contributed by atoms with van der Waals surface area (Å²) in [4.78, 5) is 18.3. The topological polar surface area (TPSA) is 71.2 Å². The van der Waals surface area contributed by atoms with E-state index in [0.717, 1.165) is 12.2 Å². The van der Waals surface area contributed by atoms with E-state index in [-0.39, 0.29) is 5.91 Å². The zero-order chi connectivity index (χ0) is 14.4. The molecule has 1 aliphatic rings. The summed E-state index contributed by atoms with van der Waals surface area (Å²) < 4.78 is 0. The van der Waals surface area contributed by atoms with Crippen LogP contribution in [-0.2, 0) is 11.2 Å². The third-order valence-electron chi connectivity index (χ3n) is 3.92. The molecule has 1 amide bonds. The van der Waals surface area contributed by atoms with E-state index in [0.29, 0.717) is 24.7 Å². The number of pyridine rings is 1. The van der Waals surface area contributed by atoms with Crippen molar-refractivity contribution in [3.05, 3.63) is 24.0 Å². The third kappa shape index (κ3) is 4.49. The van der Waals surface area contributed by atoms with Gasteiger partial charge in [-0.15, -0.1) is 0 Å². The molecule has 0 aromatic carbocycles. The first-order valence-electron chi connectivity index (χ1n) is 7.32. The molecule has 0 aliphatic heterocycles. The van der Waals surface area contributed by atoms with E-state index < -0.39 is 0 Å². The van der Waals surface area contributed by atoms with Crippen molar-refractivity contribution in [2.45, 2.75) is 38.1 Å². The number of hydrogen-bond acceptors (Lipinski definition) is 4. The number of carbonyl (C=O) groups is 1. The van der Waals surface area contributed by atoms with Gasteiger partial charge in [0.2, 0.25) is 5.91 Å². The van der Waals surface area contributed by atoms with Crippen molar-refractivity contribution in [3.8, 4) is 0 Å². The molecule has 0 saturated heterocycles. The Hall–Kier alpha value is -1.62. The number of hydrogen-bond donors (Lipinski definition) is 2. The summed E-state index contributed by atoms with van der Waals surface area (Å²) in [6.07, 6.45) is 7.15. The first-order chi connectivity index (χ1) is 9.65. The quantitative estimate of drug-likeness (QED) is 0.819. The van der Waals surface area contributed by atoms with Crippen LogP contribution >= 0.6 is 0 Å². The molecule has 0 bridgehead atoms. The predicted octanol–water partition coefficient (Wildman–Crippen LogP) is 1.20.